The van der Waals surface area contributed by atoms with Gasteiger partial charge in [0, 0.05) is 28.2 Å². The first-order valence-electron chi connectivity index (χ1n) is 4.57. The number of hydrogen-bond donors (Lipinski definition) is 1. The molecule has 0 aliphatic heterocycles. The predicted octanol–water partition coefficient (Wildman–Crippen LogP) is 4.31. The minimum atomic E-state index is 0.215. The molecule has 4 heteroatoms. The second-order valence-electron chi connectivity index (χ2n) is 3.21. The number of nitrogens with one attached hydrogen (secondary N) is 1. The van der Waals surface area contributed by atoms with Crippen LogP contribution in [0.1, 0.15) is 18.5 Å². The van der Waals surface area contributed by atoms with Crippen molar-refractivity contribution >= 4 is 34.8 Å². The first kappa shape index (κ1) is 12.9. The average molecular weight is 265 g/mol. The second-order valence-corrected chi connectivity index (χ2v) is 4.35. The molecule has 1 atom stereocenters. The van der Waals surface area contributed by atoms with Gasteiger partial charge in [-0.1, -0.05) is 46.9 Å². The third kappa shape index (κ3) is 4.43. The van der Waals surface area contributed by atoms with Crippen molar-refractivity contribution in [3.05, 3.63) is 45.4 Å². The van der Waals surface area contributed by atoms with Crippen molar-refractivity contribution in [3.8, 4) is 0 Å². The SMILES string of the molecule is C[C@@H](NC/C(Cl)=C/Cl)c1ccc(Cl)cc1. The summed E-state index contributed by atoms with van der Waals surface area (Å²) < 4.78 is 0. The van der Waals surface area contributed by atoms with Crippen molar-refractivity contribution in [3.63, 3.8) is 0 Å². The summed E-state index contributed by atoms with van der Waals surface area (Å²) in [7, 11) is 0. The van der Waals surface area contributed by atoms with Crippen LogP contribution in [0.25, 0.3) is 0 Å². The van der Waals surface area contributed by atoms with Gasteiger partial charge in [0.25, 0.3) is 0 Å². The standard InChI is InChI=1S/C11H12Cl3N/c1-8(15-7-11(14)6-12)9-2-4-10(13)5-3-9/h2-6,8,15H,7H2,1H3/b11-6-/t8-/m1/s1. The van der Waals surface area contributed by atoms with Crippen molar-refractivity contribution in [2.75, 3.05) is 6.54 Å². The molecule has 0 radical (unpaired) electrons. The van der Waals surface area contributed by atoms with Gasteiger partial charge >= 0.3 is 0 Å². The Balaban J connectivity index is 2.53. The Morgan fingerprint density at radius 1 is 1.40 bits per heavy atom. The molecular formula is C11H12Cl3N. The fraction of sp³-hybridized carbons (Fsp3) is 0.273. The van der Waals surface area contributed by atoms with Gasteiger partial charge in [0.2, 0.25) is 0 Å². The van der Waals surface area contributed by atoms with E-state index in [1.54, 1.807) is 0 Å². The van der Waals surface area contributed by atoms with E-state index in [-0.39, 0.29) is 6.04 Å². The molecule has 0 saturated carbocycles. The Kier molecular flexibility index (Phi) is 5.48. The summed E-state index contributed by atoms with van der Waals surface area (Å²) >= 11 is 17.0. The monoisotopic (exact) mass is 263 g/mol. The lowest BCUT2D eigenvalue weighted by Crippen LogP contribution is -2.19. The molecule has 0 bridgehead atoms. The first-order chi connectivity index (χ1) is 7.13. The second kappa shape index (κ2) is 6.39. The molecule has 0 saturated heterocycles. The van der Waals surface area contributed by atoms with E-state index < -0.39 is 0 Å². The highest BCUT2D eigenvalue weighted by Gasteiger charge is 2.04. The van der Waals surface area contributed by atoms with E-state index in [0.29, 0.717) is 11.6 Å². The quantitative estimate of drug-likeness (QED) is 0.854. The Morgan fingerprint density at radius 3 is 2.53 bits per heavy atom. The van der Waals surface area contributed by atoms with Crippen molar-refractivity contribution in [1.82, 2.24) is 5.32 Å². The van der Waals surface area contributed by atoms with Crippen LogP contribution < -0.4 is 5.32 Å². The minimum Gasteiger partial charge on any atom is -0.305 e. The fourth-order valence-corrected chi connectivity index (χ4v) is 1.44. The maximum Gasteiger partial charge on any atom is 0.0432 e. The van der Waals surface area contributed by atoms with Crippen molar-refractivity contribution < 1.29 is 0 Å². The van der Waals surface area contributed by atoms with Gasteiger partial charge in [-0.25, -0.2) is 0 Å². The third-order valence-corrected chi connectivity index (χ3v) is 2.94. The summed E-state index contributed by atoms with van der Waals surface area (Å²) in [5, 5.41) is 4.58. The van der Waals surface area contributed by atoms with Gasteiger partial charge in [0.1, 0.15) is 0 Å². The molecule has 0 amide bonds. The largest absolute Gasteiger partial charge is 0.305 e. The van der Waals surface area contributed by atoms with Crippen LogP contribution in [0.15, 0.2) is 34.8 Å². The molecule has 0 aromatic heterocycles. The van der Waals surface area contributed by atoms with Crippen LogP contribution >= 0.6 is 34.8 Å². The van der Waals surface area contributed by atoms with Crippen LogP contribution in [0.2, 0.25) is 5.02 Å². The zero-order chi connectivity index (χ0) is 11.3. The lowest BCUT2D eigenvalue weighted by molar-refractivity contribution is 0.614. The van der Waals surface area contributed by atoms with Crippen LogP contribution in [0.5, 0.6) is 0 Å². The zero-order valence-electron chi connectivity index (χ0n) is 8.31. The highest BCUT2D eigenvalue weighted by atomic mass is 35.5. The lowest BCUT2D eigenvalue weighted by atomic mass is 10.1. The molecule has 1 aromatic carbocycles. The molecule has 1 nitrogen and oxygen atoms in total. The lowest BCUT2D eigenvalue weighted by Gasteiger charge is -2.13. The van der Waals surface area contributed by atoms with Crippen LogP contribution in [0.3, 0.4) is 0 Å². The van der Waals surface area contributed by atoms with Gasteiger partial charge < -0.3 is 5.32 Å². The van der Waals surface area contributed by atoms with E-state index in [0.717, 1.165) is 5.02 Å². The molecule has 15 heavy (non-hydrogen) atoms. The topological polar surface area (TPSA) is 12.0 Å². The molecule has 0 heterocycles. The van der Waals surface area contributed by atoms with Crippen molar-refractivity contribution in [2.45, 2.75) is 13.0 Å². The zero-order valence-corrected chi connectivity index (χ0v) is 10.6. The molecule has 1 aromatic rings. The van der Waals surface area contributed by atoms with Gasteiger partial charge in [0.05, 0.1) is 0 Å². The predicted molar refractivity (Wildman–Crippen MR) is 67.7 cm³/mol. The van der Waals surface area contributed by atoms with Crippen LogP contribution in [0, 0.1) is 0 Å². The summed E-state index contributed by atoms with van der Waals surface area (Å²) in [6.07, 6.45) is 0. The first-order valence-corrected chi connectivity index (χ1v) is 5.76. The summed E-state index contributed by atoms with van der Waals surface area (Å²) in [6.45, 7) is 2.62. The summed E-state index contributed by atoms with van der Waals surface area (Å²) in [4.78, 5) is 0. The van der Waals surface area contributed by atoms with Gasteiger partial charge in [-0.2, -0.15) is 0 Å². The van der Waals surface area contributed by atoms with Crippen LogP contribution in [-0.2, 0) is 0 Å². The molecule has 82 valence electrons. The van der Waals surface area contributed by atoms with Gasteiger partial charge in [0.15, 0.2) is 0 Å². The smallest absolute Gasteiger partial charge is 0.0432 e. The molecule has 0 spiro atoms. The third-order valence-electron chi connectivity index (χ3n) is 2.07. The molecule has 0 aliphatic rings. The van der Waals surface area contributed by atoms with E-state index in [1.165, 1.54) is 11.1 Å². The van der Waals surface area contributed by atoms with Gasteiger partial charge in [-0.15, -0.1) is 0 Å². The molecule has 0 unspecified atom stereocenters. The summed E-state index contributed by atoms with van der Waals surface area (Å²) in [6, 6.07) is 7.92. The van der Waals surface area contributed by atoms with Crippen molar-refractivity contribution in [2.24, 2.45) is 0 Å². The summed E-state index contributed by atoms with van der Waals surface area (Å²) in [5.74, 6) is 0. The molecule has 1 N–H and O–H groups in total. The maximum absolute atomic E-state index is 5.80. The fourth-order valence-electron chi connectivity index (χ4n) is 1.16. The van der Waals surface area contributed by atoms with E-state index in [4.69, 9.17) is 34.8 Å². The Morgan fingerprint density at radius 2 is 2.00 bits per heavy atom. The highest BCUT2D eigenvalue weighted by Crippen LogP contribution is 2.16. The number of rotatable bonds is 4. The average Bonchev–Trinajstić information content (AvgIpc) is 2.26. The Bertz CT molecular complexity index is 332. The van der Waals surface area contributed by atoms with E-state index in [1.807, 2.05) is 24.3 Å². The van der Waals surface area contributed by atoms with Gasteiger partial charge in [-0.3, -0.25) is 0 Å². The van der Waals surface area contributed by atoms with Gasteiger partial charge in [-0.05, 0) is 24.6 Å². The van der Waals surface area contributed by atoms with Crippen molar-refractivity contribution in [1.29, 1.82) is 0 Å². The van der Waals surface area contributed by atoms with E-state index in [9.17, 15) is 0 Å². The Labute approximate surface area is 105 Å². The normalized spacial score (nSPS) is 14.0. The van der Waals surface area contributed by atoms with E-state index >= 15 is 0 Å². The minimum absolute atomic E-state index is 0.215. The Hall–Kier alpha value is -0.210. The van der Waals surface area contributed by atoms with Crippen LogP contribution in [-0.4, -0.2) is 6.54 Å². The highest BCUT2D eigenvalue weighted by molar-refractivity contribution is 6.36. The maximum atomic E-state index is 5.80. The molecular weight excluding hydrogens is 252 g/mol. The molecule has 0 aliphatic carbocycles. The van der Waals surface area contributed by atoms with Crippen LogP contribution in [0.4, 0.5) is 0 Å². The molecule has 0 fully saturated rings. The molecule has 1 rings (SSSR count). The van der Waals surface area contributed by atoms with E-state index in [2.05, 4.69) is 12.2 Å². The number of benzene rings is 1. The number of hydrogen-bond acceptors (Lipinski definition) is 1. The number of halogens is 3. The summed E-state index contributed by atoms with van der Waals surface area (Å²) in [5.41, 5.74) is 2.53.